The number of nitro benzene ring substituents is 1. The fourth-order valence-electron chi connectivity index (χ4n) is 2.44. The number of nitro groups is 1. The number of non-ortho nitro benzene ring substituents is 1. The molecule has 0 aliphatic rings. The molecule has 0 saturated heterocycles. The number of hydrogen-bond donors (Lipinski definition) is 2. The third-order valence-electron chi connectivity index (χ3n) is 3.91. The number of hydrazine groups is 1. The Morgan fingerprint density at radius 2 is 1.77 bits per heavy atom. The highest BCUT2D eigenvalue weighted by molar-refractivity contribution is 7.98. The van der Waals surface area contributed by atoms with Crippen molar-refractivity contribution in [1.29, 1.82) is 0 Å². The molecule has 0 unspecified atom stereocenters. The summed E-state index contributed by atoms with van der Waals surface area (Å²) in [7, 11) is 0. The van der Waals surface area contributed by atoms with Gasteiger partial charge in [0.2, 0.25) is 0 Å². The van der Waals surface area contributed by atoms with Crippen molar-refractivity contribution in [1.82, 2.24) is 15.8 Å². The minimum absolute atomic E-state index is 0.0180. The number of carbonyl (C=O) groups excluding carboxylic acids is 2. The Morgan fingerprint density at radius 1 is 1.03 bits per heavy atom. The van der Waals surface area contributed by atoms with E-state index < -0.39 is 22.6 Å². The highest BCUT2D eigenvalue weighted by Crippen LogP contribution is 2.25. The average Bonchev–Trinajstić information content (AvgIpc) is 2.76. The Kier molecular flexibility index (Phi) is 6.71. The van der Waals surface area contributed by atoms with Gasteiger partial charge in [-0.3, -0.25) is 30.6 Å². The molecule has 3 rings (SSSR count). The monoisotopic (exact) mass is 426 g/mol. The maximum Gasteiger partial charge on any atom is 0.272 e. The van der Waals surface area contributed by atoms with Crippen molar-refractivity contribution >= 4 is 29.3 Å². The molecule has 2 N–H and O–H groups in total. The summed E-state index contributed by atoms with van der Waals surface area (Å²) in [5.74, 6) is -1.30. The van der Waals surface area contributed by atoms with Crippen molar-refractivity contribution in [3.8, 4) is 0 Å². The van der Waals surface area contributed by atoms with Crippen LogP contribution in [0.5, 0.6) is 0 Å². The van der Waals surface area contributed by atoms with Gasteiger partial charge in [-0.15, -0.1) is 11.8 Å². The van der Waals surface area contributed by atoms with E-state index in [1.165, 1.54) is 42.2 Å². The predicted molar refractivity (Wildman–Crippen MR) is 108 cm³/mol. The number of nitrogens with zero attached hydrogens (tertiary/aromatic N) is 2. The fraction of sp³-hybridized carbons (Fsp3) is 0.0500. The number of thioether (sulfide) groups is 1. The second kappa shape index (κ2) is 9.61. The molecule has 0 aliphatic heterocycles. The number of hydrogen-bond acceptors (Lipinski definition) is 6. The summed E-state index contributed by atoms with van der Waals surface area (Å²) in [5, 5.41) is 11.3. The van der Waals surface area contributed by atoms with E-state index in [4.69, 9.17) is 0 Å². The normalized spacial score (nSPS) is 10.3. The van der Waals surface area contributed by atoms with Gasteiger partial charge < -0.3 is 0 Å². The molecular formula is C20H15FN4O4S. The molecule has 0 fully saturated rings. The number of amides is 2. The van der Waals surface area contributed by atoms with E-state index in [-0.39, 0.29) is 16.8 Å². The smallest absolute Gasteiger partial charge is 0.267 e. The first-order valence-corrected chi connectivity index (χ1v) is 9.60. The van der Waals surface area contributed by atoms with E-state index in [1.54, 1.807) is 24.3 Å². The summed E-state index contributed by atoms with van der Waals surface area (Å²) in [6, 6.07) is 14.2. The van der Waals surface area contributed by atoms with Crippen LogP contribution < -0.4 is 10.9 Å². The molecule has 3 aromatic rings. The minimum atomic E-state index is -0.599. The summed E-state index contributed by atoms with van der Waals surface area (Å²) in [6.45, 7) is 0. The standard InChI is InChI=1S/C20H15FN4O4S/c21-15-8-6-14(7-9-15)18(26)23-24-19(27)17-5-2-10-22-20(17)30-12-13-3-1-4-16(11-13)25(28)29/h1-11H,12H2,(H,23,26)(H,24,27). The molecule has 2 amide bonds. The van der Waals surface area contributed by atoms with Crippen LogP contribution in [0.2, 0.25) is 0 Å². The molecule has 0 atom stereocenters. The summed E-state index contributed by atoms with van der Waals surface area (Å²) >= 11 is 1.23. The van der Waals surface area contributed by atoms with Crippen LogP contribution in [-0.2, 0) is 5.75 Å². The lowest BCUT2D eigenvalue weighted by Crippen LogP contribution is -2.41. The predicted octanol–water partition coefficient (Wildman–Crippen LogP) is 3.50. The van der Waals surface area contributed by atoms with Gasteiger partial charge in [0.15, 0.2) is 0 Å². The maximum atomic E-state index is 12.9. The highest BCUT2D eigenvalue weighted by atomic mass is 32.2. The van der Waals surface area contributed by atoms with E-state index in [9.17, 15) is 24.1 Å². The molecule has 0 aliphatic carbocycles. The highest BCUT2D eigenvalue weighted by Gasteiger charge is 2.15. The topological polar surface area (TPSA) is 114 Å². The van der Waals surface area contributed by atoms with Gasteiger partial charge >= 0.3 is 0 Å². The van der Waals surface area contributed by atoms with Gasteiger partial charge in [-0.05, 0) is 42.0 Å². The molecule has 0 bridgehead atoms. The Morgan fingerprint density at radius 3 is 2.50 bits per heavy atom. The number of carbonyl (C=O) groups is 2. The summed E-state index contributed by atoms with van der Waals surface area (Å²) < 4.78 is 12.9. The number of aromatic nitrogens is 1. The number of halogens is 1. The van der Waals surface area contributed by atoms with Gasteiger partial charge in [-0.2, -0.15) is 0 Å². The molecule has 30 heavy (non-hydrogen) atoms. The van der Waals surface area contributed by atoms with Crippen molar-refractivity contribution in [3.05, 3.63) is 99.5 Å². The van der Waals surface area contributed by atoms with E-state index in [0.29, 0.717) is 16.3 Å². The summed E-state index contributed by atoms with van der Waals surface area (Å²) in [6.07, 6.45) is 1.52. The quantitative estimate of drug-likeness (QED) is 0.354. The lowest BCUT2D eigenvalue weighted by molar-refractivity contribution is -0.384. The van der Waals surface area contributed by atoms with E-state index in [1.807, 2.05) is 0 Å². The SMILES string of the molecule is O=C(NNC(=O)c1cccnc1SCc1cccc([N+](=O)[O-])c1)c1ccc(F)cc1. The molecule has 1 aromatic heterocycles. The maximum absolute atomic E-state index is 12.9. The van der Waals surface area contributed by atoms with Crippen LogP contribution in [0.25, 0.3) is 0 Å². The van der Waals surface area contributed by atoms with Crippen LogP contribution in [0.3, 0.4) is 0 Å². The molecule has 8 nitrogen and oxygen atoms in total. The van der Waals surface area contributed by atoms with Crippen molar-refractivity contribution in [2.75, 3.05) is 0 Å². The van der Waals surface area contributed by atoms with Crippen molar-refractivity contribution in [2.24, 2.45) is 0 Å². The van der Waals surface area contributed by atoms with Crippen molar-refractivity contribution < 1.29 is 18.9 Å². The second-order valence-corrected chi connectivity index (χ2v) is 6.95. The third-order valence-corrected chi connectivity index (χ3v) is 4.99. The first-order chi connectivity index (χ1) is 14.4. The first-order valence-electron chi connectivity index (χ1n) is 8.61. The molecule has 0 radical (unpaired) electrons. The number of benzene rings is 2. The third kappa shape index (κ3) is 5.39. The number of rotatable bonds is 6. The lowest BCUT2D eigenvalue weighted by Gasteiger charge is -2.10. The Bertz CT molecular complexity index is 1090. The van der Waals surface area contributed by atoms with Crippen LogP contribution in [0, 0.1) is 15.9 Å². The van der Waals surface area contributed by atoms with Crippen LogP contribution >= 0.6 is 11.8 Å². The van der Waals surface area contributed by atoms with E-state index in [0.717, 1.165) is 12.1 Å². The molecule has 1 heterocycles. The largest absolute Gasteiger partial charge is 0.272 e. The molecule has 0 saturated carbocycles. The minimum Gasteiger partial charge on any atom is -0.267 e. The van der Waals surface area contributed by atoms with Crippen LogP contribution in [-0.4, -0.2) is 21.7 Å². The van der Waals surface area contributed by atoms with Crippen molar-refractivity contribution in [2.45, 2.75) is 10.8 Å². The van der Waals surface area contributed by atoms with Gasteiger partial charge in [0.1, 0.15) is 10.8 Å². The fourth-order valence-corrected chi connectivity index (χ4v) is 3.38. The zero-order valence-corrected chi connectivity index (χ0v) is 16.2. The molecule has 0 spiro atoms. The Labute approximate surface area is 174 Å². The second-order valence-electron chi connectivity index (χ2n) is 5.99. The van der Waals surface area contributed by atoms with Gasteiger partial charge in [-0.25, -0.2) is 9.37 Å². The lowest BCUT2D eigenvalue weighted by atomic mass is 10.2. The van der Waals surface area contributed by atoms with E-state index in [2.05, 4.69) is 15.8 Å². The van der Waals surface area contributed by atoms with Crippen molar-refractivity contribution in [3.63, 3.8) is 0 Å². The molecule has 10 heteroatoms. The van der Waals surface area contributed by atoms with Crippen LogP contribution in [0.1, 0.15) is 26.3 Å². The van der Waals surface area contributed by atoms with Gasteiger partial charge in [0.05, 0.1) is 10.5 Å². The summed E-state index contributed by atoms with van der Waals surface area (Å²) in [4.78, 5) is 39.1. The van der Waals surface area contributed by atoms with Crippen LogP contribution in [0.15, 0.2) is 71.9 Å². The van der Waals surface area contributed by atoms with E-state index >= 15 is 0 Å². The number of nitrogens with one attached hydrogen (secondary N) is 2. The zero-order valence-electron chi connectivity index (χ0n) is 15.4. The van der Waals surface area contributed by atoms with Crippen LogP contribution in [0.4, 0.5) is 10.1 Å². The zero-order chi connectivity index (χ0) is 21.5. The molecular weight excluding hydrogens is 411 g/mol. The van der Waals surface area contributed by atoms with Gasteiger partial charge in [-0.1, -0.05) is 12.1 Å². The first kappa shape index (κ1) is 20.9. The average molecular weight is 426 g/mol. The summed E-state index contributed by atoms with van der Waals surface area (Å²) in [5.41, 5.74) is 5.66. The van der Waals surface area contributed by atoms with Gasteiger partial charge in [0, 0.05) is 29.6 Å². The Hall–Kier alpha value is -3.79. The van der Waals surface area contributed by atoms with Gasteiger partial charge in [0.25, 0.3) is 17.5 Å². The molecule has 2 aromatic carbocycles. The molecule has 152 valence electrons. The Balaban J connectivity index is 1.64. The number of pyridine rings is 1.